The van der Waals surface area contributed by atoms with Crippen LogP contribution >= 0.6 is 0 Å². The van der Waals surface area contributed by atoms with E-state index in [0.29, 0.717) is 11.3 Å². The molecule has 0 radical (unpaired) electrons. The molecule has 0 spiro atoms. The minimum absolute atomic E-state index is 0.123. The van der Waals surface area contributed by atoms with Gasteiger partial charge in [-0.15, -0.1) is 0 Å². The van der Waals surface area contributed by atoms with Gasteiger partial charge in [-0.1, -0.05) is 124 Å². The molecule has 0 unspecified atom stereocenters. The molecule has 0 heterocycles. The predicted octanol–water partition coefficient (Wildman–Crippen LogP) is 14.2. The molecule has 1 nitrogen and oxygen atoms in total. The Balaban J connectivity index is 1.18. The summed E-state index contributed by atoms with van der Waals surface area (Å²) in [7, 11) is 0. The summed E-state index contributed by atoms with van der Waals surface area (Å²) in [5, 5.41) is 2.59. The fourth-order valence-corrected chi connectivity index (χ4v) is 10.9. The Hall–Kier alpha value is -4.62. The van der Waals surface area contributed by atoms with Crippen molar-refractivity contribution < 1.29 is 0 Å². The molecule has 0 aliphatic heterocycles. The normalized spacial score (nSPS) is 21.9. The zero-order valence-corrected chi connectivity index (χ0v) is 30.3. The van der Waals surface area contributed by atoms with Crippen molar-refractivity contribution in [1.29, 1.82) is 0 Å². The first-order chi connectivity index (χ1) is 25.0. The lowest BCUT2D eigenvalue weighted by Gasteiger charge is -2.31. The monoisotopic (exact) mass is 663 g/mol. The van der Waals surface area contributed by atoms with Crippen LogP contribution in [-0.4, -0.2) is 0 Å². The molecule has 4 aliphatic carbocycles. The van der Waals surface area contributed by atoms with Gasteiger partial charge in [0.15, 0.2) is 0 Å². The van der Waals surface area contributed by atoms with Gasteiger partial charge in [-0.2, -0.15) is 0 Å². The van der Waals surface area contributed by atoms with Crippen molar-refractivity contribution in [2.75, 3.05) is 4.90 Å². The molecular formula is C50H49N. The highest BCUT2D eigenvalue weighted by Crippen LogP contribution is 2.57. The van der Waals surface area contributed by atoms with Gasteiger partial charge in [0.25, 0.3) is 0 Å². The van der Waals surface area contributed by atoms with Crippen molar-refractivity contribution in [3.63, 3.8) is 0 Å². The van der Waals surface area contributed by atoms with E-state index in [1.807, 2.05) is 0 Å². The molecular weight excluding hydrogens is 615 g/mol. The molecule has 3 saturated carbocycles. The lowest BCUT2D eigenvalue weighted by molar-refractivity contribution is 0.419. The zero-order valence-electron chi connectivity index (χ0n) is 30.3. The largest absolute Gasteiger partial charge is 0.310 e. The summed E-state index contributed by atoms with van der Waals surface area (Å²) < 4.78 is 0. The minimum Gasteiger partial charge on any atom is -0.310 e. The second-order valence-corrected chi connectivity index (χ2v) is 16.8. The lowest BCUT2D eigenvalue weighted by atomic mass is 9.78. The van der Waals surface area contributed by atoms with Gasteiger partial charge >= 0.3 is 0 Å². The van der Waals surface area contributed by atoms with E-state index in [1.165, 1.54) is 131 Å². The molecule has 51 heavy (non-hydrogen) atoms. The summed E-state index contributed by atoms with van der Waals surface area (Å²) in [6, 6.07) is 49.3. The molecule has 0 atom stereocenters. The van der Waals surface area contributed by atoms with E-state index in [1.54, 1.807) is 5.56 Å². The van der Waals surface area contributed by atoms with Gasteiger partial charge in [-0.3, -0.25) is 0 Å². The Morgan fingerprint density at radius 3 is 1.96 bits per heavy atom. The molecule has 0 N–H and O–H groups in total. The van der Waals surface area contributed by atoms with E-state index in [4.69, 9.17) is 0 Å². The van der Waals surface area contributed by atoms with Gasteiger partial charge in [-0.05, 0) is 154 Å². The van der Waals surface area contributed by atoms with Crippen LogP contribution in [0.25, 0.3) is 33.0 Å². The SMILES string of the molecule is CC1(C)c2ccccc2-c2c(-c3cccc4ccccc34)cc(N(c3ccc(C4CCCCC4)cc3)c3ccc(C45CCC(CC4)C5)cc3)cc21. The third-order valence-corrected chi connectivity index (χ3v) is 13.7. The second-order valence-electron chi connectivity index (χ2n) is 16.8. The molecule has 0 amide bonds. The van der Waals surface area contributed by atoms with Crippen LogP contribution in [0, 0.1) is 5.92 Å². The van der Waals surface area contributed by atoms with Crippen molar-refractivity contribution in [3.8, 4) is 22.3 Å². The van der Waals surface area contributed by atoms with Crippen LogP contribution in [0.5, 0.6) is 0 Å². The van der Waals surface area contributed by atoms with Gasteiger partial charge in [0.05, 0.1) is 0 Å². The Morgan fingerprint density at radius 1 is 0.549 bits per heavy atom. The predicted molar refractivity (Wildman–Crippen MR) is 216 cm³/mol. The standard InChI is InChI=1S/C50H49N/c1-49(2)46-18-9-8-16-44(46)48-45(43-17-10-14-37-13-6-7-15-42(37)43)31-41(32-47(48)49)51(39-23-19-36(20-24-39)35-11-4-3-5-12-35)40-25-21-38(22-26-40)50-29-27-34(33-50)28-30-50/h6-10,13-26,31-32,34-35H,3-5,11-12,27-30,33H2,1-2H3. The van der Waals surface area contributed by atoms with Crippen LogP contribution in [0.1, 0.15) is 106 Å². The van der Waals surface area contributed by atoms with Crippen LogP contribution in [0.15, 0.2) is 127 Å². The second kappa shape index (κ2) is 12.0. The van der Waals surface area contributed by atoms with Crippen molar-refractivity contribution in [2.45, 2.75) is 94.8 Å². The first kappa shape index (κ1) is 31.1. The summed E-state index contributed by atoms with van der Waals surface area (Å²) in [5.41, 5.74) is 15.2. The van der Waals surface area contributed by atoms with Gasteiger partial charge in [-0.25, -0.2) is 0 Å². The number of nitrogens with zero attached hydrogens (tertiary/aromatic N) is 1. The first-order valence-electron chi connectivity index (χ1n) is 19.8. The molecule has 6 aromatic rings. The average molecular weight is 664 g/mol. The Morgan fingerprint density at radius 2 is 1.22 bits per heavy atom. The fraction of sp³-hybridized carbons (Fsp3) is 0.320. The smallest absolute Gasteiger partial charge is 0.0471 e. The molecule has 1 heteroatoms. The molecule has 4 aliphatic rings. The maximum Gasteiger partial charge on any atom is 0.0471 e. The van der Waals surface area contributed by atoms with E-state index in [0.717, 1.165) is 5.92 Å². The van der Waals surface area contributed by atoms with Crippen molar-refractivity contribution >= 4 is 27.8 Å². The molecule has 6 aromatic carbocycles. The number of hydrogen-bond donors (Lipinski definition) is 0. The first-order valence-corrected chi connectivity index (χ1v) is 19.8. The molecule has 2 bridgehead atoms. The average Bonchev–Trinajstić information content (AvgIpc) is 3.87. The van der Waals surface area contributed by atoms with Gasteiger partial charge in [0.2, 0.25) is 0 Å². The van der Waals surface area contributed by atoms with E-state index in [9.17, 15) is 0 Å². The Bertz CT molecular complexity index is 2240. The highest BCUT2D eigenvalue weighted by Gasteiger charge is 2.45. The third-order valence-electron chi connectivity index (χ3n) is 13.7. The number of benzene rings is 6. The quantitative estimate of drug-likeness (QED) is 0.171. The summed E-state index contributed by atoms with van der Waals surface area (Å²) in [6.45, 7) is 4.84. The third kappa shape index (κ3) is 5.02. The summed E-state index contributed by atoms with van der Waals surface area (Å²) >= 11 is 0. The topological polar surface area (TPSA) is 3.24 Å². The van der Waals surface area contributed by atoms with E-state index in [2.05, 4.69) is 146 Å². The number of fused-ring (bicyclic) bond motifs is 6. The molecule has 0 saturated heterocycles. The highest BCUT2D eigenvalue weighted by molar-refractivity contribution is 6.04. The molecule has 0 aromatic heterocycles. The van der Waals surface area contributed by atoms with Gasteiger partial charge in [0, 0.05) is 22.5 Å². The fourth-order valence-electron chi connectivity index (χ4n) is 10.9. The number of anilines is 3. The highest BCUT2D eigenvalue weighted by atomic mass is 15.1. The minimum atomic E-state index is -0.123. The van der Waals surface area contributed by atoms with Crippen LogP contribution in [0.2, 0.25) is 0 Å². The maximum atomic E-state index is 2.55. The van der Waals surface area contributed by atoms with Gasteiger partial charge < -0.3 is 4.90 Å². The number of hydrogen-bond acceptors (Lipinski definition) is 1. The zero-order chi connectivity index (χ0) is 34.2. The maximum absolute atomic E-state index is 2.55. The van der Waals surface area contributed by atoms with Crippen LogP contribution in [0.3, 0.4) is 0 Å². The van der Waals surface area contributed by atoms with Crippen molar-refractivity contribution in [1.82, 2.24) is 0 Å². The summed E-state index contributed by atoms with van der Waals surface area (Å²) in [4.78, 5) is 2.55. The number of rotatable bonds is 6. The van der Waals surface area contributed by atoms with E-state index in [-0.39, 0.29) is 5.41 Å². The molecule has 10 rings (SSSR count). The lowest BCUT2D eigenvalue weighted by Crippen LogP contribution is -2.20. The molecule has 254 valence electrons. The summed E-state index contributed by atoms with van der Waals surface area (Å²) in [6.07, 6.45) is 13.7. The van der Waals surface area contributed by atoms with Crippen molar-refractivity contribution in [3.05, 3.63) is 150 Å². The van der Waals surface area contributed by atoms with E-state index >= 15 is 0 Å². The van der Waals surface area contributed by atoms with E-state index < -0.39 is 0 Å². The summed E-state index contributed by atoms with van der Waals surface area (Å²) in [5.74, 6) is 1.63. The Labute approximate surface area is 304 Å². The van der Waals surface area contributed by atoms with Crippen LogP contribution < -0.4 is 4.90 Å². The van der Waals surface area contributed by atoms with Crippen LogP contribution in [-0.2, 0) is 10.8 Å². The molecule has 3 fully saturated rings. The van der Waals surface area contributed by atoms with Crippen LogP contribution in [0.4, 0.5) is 17.1 Å². The Kier molecular flexibility index (Phi) is 7.31. The van der Waals surface area contributed by atoms with Crippen molar-refractivity contribution in [2.24, 2.45) is 5.92 Å². The van der Waals surface area contributed by atoms with Gasteiger partial charge in [0.1, 0.15) is 0 Å².